The Balaban J connectivity index is 1.19. The lowest BCUT2D eigenvalue weighted by Gasteiger charge is -2.60. The molecule has 0 aromatic heterocycles. The molecule has 0 amide bonds. The molecule has 2 heterocycles. The molecule has 1 aromatic rings. The van der Waals surface area contributed by atoms with E-state index in [4.69, 9.17) is 0 Å². The second kappa shape index (κ2) is 8.68. The van der Waals surface area contributed by atoms with Crippen LogP contribution in [0.4, 0.5) is 5.69 Å². The van der Waals surface area contributed by atoms with E-state index in [1.54, 1.807) is 0 Å². The molecule has 4 heteroatoms. The molecule has 5 fully saturated rings. The zero-order valence-corrected chi connectivity index (χ0v) is 20.2. The first-order valence-electron chi connectivity index (χ1n) is 12.9. The number of piperidine rings is 1. The molecule has 3 saturated carbocycles. The van der Waals surface area contributed by atoms with E-state index in [-0.39, 0.29) is 0 Å². The normalized spacial score (nSPS) is 32.4. The fourth-order valence-corrected chi connectivity index (χ4v) is 7.56. The molecule has 1 N–H and O–H groups in total. The monoisotopic (exact) mass is 424 g/mol. The van der Waals surface area contributed by atoms with Crippen molar-refractivity contribution >= 4 is 5.69 Å². The number of anilines is 1. The highest BCUT2D eigenvalue weighted by Crippen LogP contribution is 2.62. The number of nitrogens with zero attached hydrogens (tertiary/aromatic N) is 3. The van der Waals surface area contributed by atoms with Gasteiger partial charge in [0.1, 0.15) is 0 Å². The Morgan fingerprint density at radius 3 is 2.45 bits per heavy atom. The van der Waals surface area contributed by atoms with Crippen LogP contribution in [0, 0.1) is 23.2 Å². The summed E-state index contributed by atoms with van der Waals surface area (Å²) >= 11 is 0. The molecule has 5 aliphatic rings. The maximum atomic E-state index is 3.34. The van der Waals surface area contributed by atoms with Gasteiger partial charge in [-0.05, 0) is 87.4 Å². The lowest BCUT2D eigenvalue weighted by molar-refractivity contribution is -0.108. The molecule has 1 aromatic carbocycles. The molecule has 4 nitrogen and oxygen atoms in total. The Kier molecular flexibility index (Phi) is 6.09. The van der Waals surface area contributed by atoms with Gasteiger partial charge in [-0.2, -0.15) is 0 Å². The number of benzene rings is 1. The fourth-order valence-electron chi connectivity index (χ4n) is 7.56. The van der Waals surface area contributed by atoms with Crippen molar-refractivity contribution in [1.82, 2.24) is 15.1 Å². The van der Waals surface area contributed by atoms with Gasteiger partial charge in [-0.25, -0.2) is 0 Å². The molecular formula is C27H44N4. The largest absolute Gasteiger partial charge is 0.351 e. The Morgan fingerprint density at radius 2 is 1.77 bits per heavy atom. The average Bonchev–Trinajstić information content (AvgIpc) is 3.15. The van der Waals surface area contributed by atoms with Crippen LogP contribution in [0.2, 0.25) is 0 Å². The van der Waals surface area contributed by atoms with Gasteiger partial charge >= 0.3 is 0 Å². The van der Waals surface area contributed by atoms with Crippen LogP contribution in [0.5, 0.6) is 0 Å². The van der Waals surface area contributed by atoms with Crippen LogP contribution in [-0.2, 0) is 0 Å². The van der Waals surface area contributed by atoms with E-state index in [0.29, 0.717) is 11.0 Å². The minimum absolute atomic E-state index is 0.319. The number of hydrogen-bond acceptors (Lipinski definition) is 4. The van der Waals surface area contributed by atoms with Gasteiger partial charge in [0.25, 0.3) is 0 Å². The summed E-state index contributed by atoms with van der Waals surface area (Å²) in [7, 11) is 2.07. The number of likely N-dealkylation sites (tertiary alicyclic amines) is 1. The van der Waals surface area contributed by atoms with Gasteiger partial charge < -0.3 is 15.1 Å². The minimum Gasteiger partial charge on any atom is -0.351 e. The summed E-state index contributed by atoms with van der Waals surface area (Å²) in [5.41, 5.74) is 2.36. The molecule has 2 saturated heterocycles. The summed E-state index contributed by atoms with van der Waals surface area (Å²) in [4.78, 5) is 8.19. The second-order valence-corrected chi connectivity index (χ2v) is 11.6. The summed E-state index contributed by atoms with van der Waals surface area (Å²) in [5.74, 6) is 3.02. The highest BCUT2D eigenvalue weighted by atomic mass is 15.4. The second-order valence-electron chi connectivity index (χ2n) is 11.6. The van der Waals surface area contributed by atoms with Crippen molar-refractivity contribution in [2.24, 2.45) is 23.2 Å². The molecule has 3 aliphatic carbocycles. The van der Waals surface area contributed by atoms with E-state index in [0.717, 1.165) is 37.5 Å². The quantitative estimate of drug-likeness (QED) is 0.705. The van der Waals surface area contributed by atoms with Gasteiger partial charge in [0.15, 0.2) is 0 Å². The molecule has 1 spiro atoms. The van der Waals surface area contributed by atoms with Crippen molar-refractivity contribution in [1.29, 1.82) is 0 Å². The maximum Gasteiger partial charge on any atom is 0.0714 e. The number of hydrogen-bond donors (Lipinski definition) is 1. The number of fused-ring (bicyclic) bond motifs is 2. The van der Waals surface area contributed by atoms with E-state index < -0.39 is 0 Å². The molecule has 0 radical (unpaired) electrons. The third kappa shape index (κ3) is 4.05. The van der Waals surface area contributed by atoms with Crippen LogP contribution in [0.3, 0.4) is 0 Å². The Morgan fingerprint density at radius 1 is 1.00 bits per heavy atom. The zero-order valence-electron chi connectivity index (χ0n) is 20.2. The van der Waals surface area contributed by atoms with Gasteiger partial charge in [0, 0.05) is 38.4 Å². The number of rotatable bonds is 7. The third-order valence-electron chi connectivity index (χ3n) is 9.78. The van der Waals surface area contributed by atoms with Gasteiger partial charge in [-0.15, -0.1) is 0 Å². The van der Waals surface area contributed by atoms with Crippen LogP contribution in [0.15, 0.2) is 30.3 Å². The fraction of sp³-hybridized carbons (Fsp3) is 0.778. The first-order valence-corrected chi connectivity index (χ1v) is 12.9. The van der Waals surface area contributed by atoms with E-state index >= 15 is 0 Å². The van der Waals surface area contributed by atoms with Crippen molar-refractivity contribution in [2.75, 3.05) is 57.9 Å². The first kappa shape index (κ1) is 21.7. The van der Waals surface area contributed by atoms with Gasteiger partial charge in [-0.3, -0.25) is 4.90 Å². The predicted molar refractivity (Wildman–Crippen MR) is 130 cm³/mol. The molecule has 6 rings (SSSR count). The van der Waals surface area contributed by atoms with E-state index in [9.17, 15) is 0 Å². The van der Waals surface area contributed by atoms with Gasteiger partial charge in [0.05, 0.1) is 12.2 Å². The maximum absolute atomic E-state index is 3.34. The van der Waals surface area contributed by atoms with Crippen LogP contribution >= 0.6 is 0 Å². The number of para-hydroxylation sites is 1. The van der Waals surface area contributed by atoms with Crippen molar-refractivity contribution in [3.8, 4) is 0 Å². The zero-order chi connectivity index (χ0) is 21.5. The predicted octanol–water partition coefficient (Wildman–Crippen LogP) is 4.28. The van der Waals surface area contributed by atoms with E-state index in [1.165, 1.54) is 70.4 Å². The number of nitrogens with one attached hydrogen (secondary N) is 1. The van der Waals surface area contributed by atoms with E-state index in [1.807, 2.05) is 0 Å². The Hall–Kier alpha value is -1.10. The van der Waals surface area contributed by atoms with Gasteiger partial charge in [-0.1, -0.05) is 32.0 Å². The van der Waals surface area contributed by atoms with Crippen LogP contribution in [0.1, 0.15) is 52.4 Å². The van der Waals surface area contributed by atoms with Gasteiger partial charge in [0.2, 0.25) is 0 Å². The summed E-state index contributed by atoms with van der Waals surface area (Å²) in [6.07, 6.45) is 8.56. The summed E-state index contributed by atoms with van der Waals surface area (Å²) in [6, 6.07) is 11.2. The highest BCUT2D eigenvalue weighted by molar-refractivity contribution is 5.50. The summed E-state index contributed by atoms with van der Waals surface area (Å²) < 4.78 is 0. The topological polar surface area (TPSA) is 21.8 Å². The molecule has 31 heavy (non-hydrogen) atoms. The highest BCUT2D eigenvalue weighted by Gasteiger charge is 2.54. The SMILES string of the molecule is CNCCN1CN(c2ccccc2)C2(CCN(CCC3CCC4CC3C4(C)C)CC2)C1. The third-order valence-corrected chi connectivity index (χ3v) is 9.78. The molecule has 172 valence electrons. The lowest BCUT2D eigenvalue weighted by atomic mass is 9.45. The first-order chi connectivity index (χ1) is 15.0. The molecular weight excluding hydrogens is 380 g/mol. The molecule has 3 unspecified atom stereocenters. The lowest BCUT2D eigenvalue weighted by Crippen LogP contribution is -2.55. The van der Waals surface area contributed by atoms with E-state index in [2.05, 4.69) is 71.2 Å². The molecule has 2 aliphatic heterocycles. The summed E-state index contributed by atoms with van der Waals surface area (Å²) in [6.45, 7) is 13.5. The molecule has 3 atom stereocenters. The minimum atomic E-state index is 0.319. The average molecular weight is 425 g/mol. The smallest absolute Gasteiger partial charge is 0.0714 e. The van der Waals surface area contributed by atoms with Crippen LogP contribution in [-0.4, -0.2) is 68.3 Å². The van der Waals surface area contributed by atoms with Crippen molar-refractivity contribution in [3.05, 3.63) is 30.3 Å². The van der Waals surface area contributed by atoms with Crippen LogP contribution < -0.4 is 10.2 Å². The standard InChI is InChI=1S/C27H44N4/c1-26(2)23-10-9-22(25(26)19-23)11-15-29-16-12-27(13-17-29)20-30(18-14-28-3)21-31(27)24-7-5-4-6-8-24/h4-8,22-23,25,28H,9-21H2,1-3H3. The van der Waals surface area contributed by atoms with Crippen molar-refractivity contribution < 1.29 is 0 Å². The Bertz CT molecular complexity index is 722. The Labute approximate surface area is 190 Å². The van der Waals surface area contributed by atoms with Crippen molar-refractivity contribution in [2.45, 2.75) is 57.9 Å². The molecule has 2 bridgehead atoms. The summed E-state index contributed by atoms with van der Waals surface area (Å²) in [5, 5.41) is 3.34. The number of likely N-dealkylation sites (N-methyl/N-ethyl adjacent to an activating group) is 1. The van der Waals surface area contributed by atoms with Crippen molar-refractivity contribution in [3.63, 3.8) is 0 Å². The van der Waals surface area contributed by atoms with Crippen LogP contribution in [0.25, 0.3) is 0 Å².